The fourth-order valence-corrected chi connectivity index (χ4v) is 3.01. The lowest BCUT2D eigenvalue weighted by Crippen LogP contribution is -2.24. The lowest BCUT2D eigenvalue weighted by Gasteiger charge is -2.19. The highest BCUT2D eigenvalue weighted by Gasteiger charge is 2.17. The smallest absolute Gasteiger partial charge is 0.306 e. The van der Waals surface area contributed by atoms with Crippen molar-refractivity contribution in [1.82, 2.24) is 4.98 Å². The molecule has 2 aromatic rings. The minimum absolute atomic E-state index is 0.0112. The van der Waals surface area contributed by atoms with E-state index in [-0.39, 0.29) is 18.7 Å². The van der Waals surface area contributed by atoms with Gasteiger partial charge in [0, 0.05) is 6.42 Å². The summed E-state index contributed by atoms with van der Waals surface area (Å²) in [6.45, 7) is 5.32. The number of nitrogens with zero attached hydrogens (tertiary/aromatic N) is 1. The second-order valence-electron chi connectivity index (χ2n) is 8.33. The number of anilines is 1. The van der Waals surface area contributed by atoms with Crippen molar-refractivity contribution >= 4 is 17.7 Å². The Hall–Kier alpha value is -3.13. The standard InChI is InChI=1S/C24H32N2O6/c1-24(2,3)32-23(29)14-13-22(28)26-21-8-6-7-17(25-21)18(27)11-9-16-10-12-19(30-4)20(15-16)31-5/h6-8,10,12,15,18,27H,9,11,13-14H2,1-5H3,(H,25,26,28). The molecule has 2 rings (SSSR count). The summed E-state index contributed by atoms with van der Waals surface area (Å²) in [5.74, 6) is 0.824. The van der Waals surface area contributed by atoms with Crippen molar-refractivity contribution in [3.8, 4) is 11.5 Å². The molecule has 0 spiro atoms. The number of nitrogens with one attached hydrogen (secondary N) is 1. The zero-order chi connectivity index (χ0) is 23.7. The summed E-state index contributed by atoms with van der Waals surface area (Å²) in [6.07, 6.45) is 0.217. The number of methoxy groups -OCH3 is 2. The van der Waals surface area contributed by atoms with Gasteiger partial charge in [0.05, 0.1) is 32.4 Å². The number of aryl methyl sites for hydroxylation is 1. The molecular formula is C24H32N2O6. The zero-order valence-corrected chi connectivity index (χ0v) is 19.3. The number of hydrogen-bond acceptors (Lipinski definition) is 7. The third-order valence-electron chi connectivity index (χ3n) is 4.51. The third-order valence-corrected chi connectivity index (χ3v) is 4.51. The predicted octanol–water partition coefficient (Wildman–Crippen LogP) is 3.83. The largest absolute Gasteiger partial charge is 0.493 e. The molecule has 8 nitrogen and oxygen atoms in total. The number of ether oxygens (including phenoxy) is 3. The first kappa shape index (κ1) is 25.1. The molecule has 0 bridgehead atoms. The quantitative estimate of drug-likeness (QED) is 0.536. The van der Waals surface area contributed by atoms with Gasteiger partial charge in [0.15, 0.2) is 11.5 Å². The Bertz CT molecular complexity index is 923. The van der Waals surface area contributed by atoms with Crippen molar-refractivity contribution in [1.29, 1.82) is 0 Å². The van der Waals surface area contributed by atoms with E-state index >= 15 is 0 Å². The summed E-state index contributed by atoms with van der Waals surface area (Å²) in [5.41, 5.74) is 0.861. The van der Waals surface area contributed by atoms with Gasteiger partial charge in [-0.15, -0.1) is 0 Å². The topological polar surface area (TPSA) is 107 Å². The Morgan fingerprint density at radius 3 is 2.44 bits per heavy atom. The third kappa shape index (κ3) is 8.19. The first-order valence-electron chi connectivity index (χ1n) is 10.5. The van der Waals surface area contributed by atoms with Gasteiger partial charge in [-0.3, -0.25) is 9.59 Å². The van der Waals surface area contributed by atoms with Crippen molar-refractivity contribution in [2.75, 3.05) is 19.5 Å². The van der Waals surface area contributed by atoms with Crippen molar-refractivity contribution in [2.24, 2.45) is 0 Å². The number of aliphatic hydroxyl groups is 1. The van der Waals surface area contributed by atoms with Crippen LogP contribution < -0.4 is 14.8 Å². The maximum Gasteiger partial charge on any atom is 0.306 e. The van der Waals surface area contributed by atoms with Crippen LogP contribution in [0.3, 0.4) is 0 Å². The summed E-state index contributed by atoms with van der Waals surface area (Å²) in [4.78, 5) is 28.2. The summed E-state index contributed by atoms with van der Waals surface area (Å²) in [7, 11) is 3.16. The Morgan fingerprint density at radius 2 is 1.78 bits per heavy atom. The molecule has 0 radical (unpaired) electrons. The van der Waals surface area contributed by atoms with Crippen molar-refractivity contribution < 1.29 is 28.9 Å². The number of amides is 1. The van der Waals surface area contributed by atoms with Crippen LogP contribution in [0.25, 0.3) is 0 Å². The average Bonchev–Trinajstić information content (AvgIpc) is 2.74. The molecule has 2 N–H and O–H groups in total. The highest BCUT2D eigenvalue weighted by atomic mass is 16.6. The number of hydrogen-bond donors (Lipinski definition) is 2. The monoisotopic (exact) mass is 444 g/mol. The van der Waals surface area contributed by atoms with Crippen LogP contribution in [0.2, 0.25) is 0 Å². The van der Waals surface area contributed by atoms with E-state index in [9.17, 15) is 14.7 Å². The molecule has 1 aromatic carbocycles. The molecular weight excluding hydrogens is 412 g/mol. The van der Waals surface area contributed by atoms with Crippen molar-refractivity contribution in [3.63, 3.8) is 0 Å². The Labute approximate surface area is 188 Å². The van der Waals surface area contributed by atoms with Crippen LogP contribution >= 0.6 is 0 Å². The highest BCUT2D eigenvalue weighted by molar-refractivity contribution is 5.91. The first-order chi connectivity index (χ1) is 15.1. The van der Waals surface area contributed by atoms with E-state index in [1.54, 1.807) is 53.2 Å². The van der Waals surface area contributed by atoms with Gasteiger partial charge in [-0.25, -0.2) is 4.98 Å². The van der Waals surface area contributed by atoms with Gasteiger partial charge in [0.25, 0.3) is 0 Å². The van der Waals surface area contributed by atoms with Crippen molar-refractivity contribution in [2.45, 2.75) is 58.2 Å². The SMILES string of the molecule is COc1ccc(CCC(O)c2cccc(NC(=O)CCC(=O)OC(C)(C)C)n2)cc1OC. The van der Waals surface area contributed by atoms with E-state index in [2.05, 4.69) is 10.3 Å². The van der Waals surface area contributed by atoms with Crippen LogP contribution in [0.5, 0.6) is 11.5 Å². The van der Waals surface area contributed by atoms with Gasteiger partial charge in [-0.2, -0.15) is 0 Å². The Balaban J connectivity index is 1.90. The molecule has 1 unspecified atom stereocenters. The van der Waals surface area contributed by atoms with Crippen LogP contribution in [0.15, 0.2) is 36.4 Å². The molecule has 1 amide bonds. The molecule has 1 heterocycles. The maximum atomic E-state index is 12.1. The molecule has 0 aliphatic heterocycles. The van der Waals surface area contributed by atoms with Gasteiger partial charge < -0.3 is 24.6 Å². The molecule has 0 saturated carbocycles. The highest BCUT2D eigenvalue weighted by Crippen LogP contribution is 2.29. The summed E-state index contributed by atoms with van der Waals surface area (Å²) in [6, 6.07) is 10.7. The Kier molecular flexibility index (Phi) is 9.02. The van der Waals surface area contributed by atoms with Crippen molar-refractivity contribution in [3.05, 3.63) is 47.7 Å². The van der Waals surface area contributed by atoms with E-state index in [4.69, 9.17) is 14.2 Å². The number of pyridine rings is 1. The minimum Gasteiger partial charge on any atom is -0.493 e. The minimum atomic E-state index is -0.804. The maximum absolute atomic E-state index is 12.1. The number of aromatic nitrogens is 1. The van der Waals surface area contributed by atoms with E-state index in [1.165, 1.54) is 0 Å². The summed E-state index contributed by atoms with van der Waals surface area (Å²) < 4.78 is 15.7. The number of esters is 1. The van der Waals surface area contributed by atoms with Crippen LogP contribution in [0.1, 0.15) is 57.4 Å². The fourth-order valence-electron chi connectivity index (χ4n) is 3.01. The van der Waals surface area contributed by atoms with Gasteiger partial charge in [0.1, 0.15) is 11.4 Å². The molecule has 0 aliphatic rings. The average molecular weight is 445 g/mol. The van der Waals surface area contributed by atoms with Crippen LogP contribution in [-0.4, -0.2) is 41.8 Å². The van der Waals surface area contributed by atoms with E-state index in [0.29, 0.717) is 35.9 Å². The molecule has 0 aliphatic carbocycles. The first-order valence-corrected chi connectivity index (χ1v) is 10.5. The number of rotatable bonds is 10. The molecule has 0 fully saturated rings. The van der Waals surface area contributed by atoms with E-state index in [0.717, 1.165) is 5.56 Å². The van der Waals surface area contributed by atoms with Gasteiger partial charge >= 0.3 is 5.97 Å². The Morgan fingerprint density at radius 1 is 1.06 bits per heavy atom. The molecule has 0 saturated heterocycles. The molecule has 1 atom stereocenters. The molecule has 8 heteroatoms. The van der Waals surface area contributed by atoms with Crippen LogP contribution in [0, 0.1) is 0 Å². The summed E-state index contributed by atoms with van der Waals surface area (Å²) in [5, 5.41) is 13.2. The van der Waals surface area contributed by atoms with E-state index < -0.39 is 17.7 Å². The fraction of sp³-hybridized carbons (Fsp3) is 0.458. The number of carbonyl (C=O) groups excluding carboxylic acids is 2. The normalized spacial score (nSPS) is 12.1. The number of aliphatic hydroxyl groups excluding tert-OH is 1. The van der Waals surface area contributed by atoms with Crippen LogP contribution in [0.4, 0.5) is 5.82 Å². The number of carbonyl (C=O) groups is 2. The summed E-state index contributed by atoms with van der Waals surface area (Å²) >= 11 is 0. The van der Waals surface area contributed by atoms with Gasteiger partial charge in [-0.05, 0) is 63.4 Å². The second kappa shape index (κ2) is 11.5. The molecule has 174 valence electrons. The van der Waals surface area contributed by atoms with Gasteiger partial charge in [0.2, 0.25) is 5.91 Å². The molecule has 32 heavy (non-hydrogen) atoms. The van der Waals surface area contributed by atoms with E-state index in [1.807, 2.05) is 18.2 Å². The second-order valence-corrected chi connectivity index (χ2v) is 8.33. The van der Waals surface area contributed by atoms with Crippen LogP contribution in [-0.2, 0) is 20.7 Å². The van der Waals surface area contributed by atoms with Gasteiger partial charge in [-0.1, -0.05) is 12.1 Å². The lowest BCUT2D eigenvalue weighted by atomic mass is 10.0. The predicted molar refractivity (Wildman–Crippen MR) is 121 cm³/mol. The lowest BCUT2D eigenvalue weighted by molar-refractivity contribution is -0.155. The zero-order valence-electron chi connectivity index (χ0n) is 19.3. The molecule has 1 aromatic heterocycles. The number of benzene rings is 1.